The van der Waals surface area contributed by atoms with Crippen molar-refractivity contribution in [1.82, 2.24) is 4.90 Å². The van der Waals surface area contributed by atoms with Gasteiger partial charge in [-0.1, -0.05) is 34.5 Å². The molecule has 2 rings (SSSR count). The Balaban J connectivity index is 1.97. The predicted molar refractivity (Wildman–Crippen MR) is 85.6 cm³/mol. The third kappa shape index (κ3) is 4.21. The highest BCUT2D eigenvalue weighted by Gasteiger charge is 2.21. The highest BCUT2D eigenvalue weighted by molar-refractivity contribution is 14.1. The molecule has 0 aliphatic carbocycles. The second-order valence-corrected chi connectivity index (χ2v) is 6.76. The van der Waals surface area contributed by atoms with Crippen molar-refractivity contribution in [3.05, 3.63) is 33.4 Å². The van der Waals surface area contributed by atoms with Gasteiger partial charge >= 0.3 is 0 Å². The molecule has 1 aromatic rings. The Kier molecular flexibility index (Phi) is 5.77. The molecule has 1 aromatic carbocycles. The van der Waals surface area contributed by atoms with Crippen LogP contribution in [0.3, 0.4) is 0 Å². The normalized spacial score (nSPS) is 21.6. The number of hydrogen-bond donors (Lipinski definition) is 0. The second-order valence-electron chi connectivity index (χ2n) is 4.72. The monoisotopic (exact) mass is 407 g/mol. The van der Waals surface area contributed by atoms with Gasteiger partial charge in [0, 0.05) is 21.5 Å². The molecule has 17 heavy (non-hydrogen) atoms. The second kappa shape index (κ2) is 7.10. The molecule has 1 nitrogen and oxygen atoms in total. The van der Waals surface area contributed by atoms with Gasteiger partial charge in [-0.2, -0.15) is 0 Å². The molecular formula is C14H19BrIN. The highest BCUT2D eigenvalue weighted by Crippen LogP contribution is 2.22. The van der Waals surface area contributed by atoms with E-state index in [-0.39, 0.29) is 0 Å². The van der Waals surface area contributed by atoms with Crippen LogP contribution in [0.2, 0.25) is 0 Å². The van der Waals surface area contributed by atoms with Gasteiger partial charge in [-0.05, 0) is 66.1 Å². The molecular weight excluding hydrogens is 389 g/mol. The molecule has 1 saturated heterocycles. The number of halogens is 2. The zero-order chi connectivity index (χ0) is 12.1. The maximum absolute atomic E-state index is 3.58. The molecule has 0 amide bonds. The van der Waals surface area contributed by atoms with Crippen molar-refractivity contribution in [3.63, 3.8) is 0 Å². The SMILES string of the molecule is BrCCC1CCCCN1Cc1ccc(I)cc1. The largest absolute Gasteiger partial charge is 0.296 e. The fourth-order valence-electron chi connectivity index (χ4n) is 2.55. The Labute approximate surface area is 126 Å². The lowest BCUT2D eigenvalue weighted by Gasteiger charge is -2.35. The van der Waals surface area contributed by atoms with Gasteiger partial charge < -0.3 is 0 Å². The Morgan fingerprint density at radius 2 is 2.00 bits per heavy atom. The Morgan fingerprint density at radius 1 is 1.24 bits per heavy atom. The van der Waals surface area contributed by atoms with Crippen LogP contribution < -0.4 is 0 Å². The fourth-order valence-corrected chi connectivity index (χ4v) is 3.43. The van der Waals surface area contributed by atoms with Gasteiger partial charge in [0.15, 0.2) is 0 Å². The van der Waals surface area contributed by atoms with Gasteiger partial charge in [-0.15, -0.1) is 0 Å². The van der Waals surface area contributed by atoms with Gasteiger partial charge in [0.2, 0.25) is 0 Å². The molecule has 1 heterocycles. The van der Waals surface area contributed by atoms with Crippen LogP contribution in [0, 0.1) is 3.57 Å². The van der Waals surface area contributed by atoms with Gasteiger partial charge in [0.25, 0.3) is 0 Å². The maximum atomic E-state index is 3.58. The lowest BCUT2D eigenvalue weighted by Crippen LogP contribution is -2.39. The quantitative estimate of drug-likeness (QED) is 0.527. The van der Waals surface area contributed by atoms with Crippen molar-refractivity contribution in [2.24, 2.45) is 0 Å². The third-order valence-electron chi connectivity index (χ3n) is 3.49. The van der Waals surface area contributed by atoms with E-state index < -0.39 is 0 Å². The van der Waals surface area contributed by atoms with Gasteiger partial charge in [-0.25, -0.2) is 0 Å². The first-order valence-electron chi connectivity index (χ1n) is 6.34. The minimum absolute atomic E-state index is 0.780. The standard InChI is InChI=1S/C14H19BrIN/c15-9-8-14-3-1-2-10-17(14)11-12-4-6-13(16)7-5-12/h4-7,14H,1-3,8-11H2. The van der Waals surface area contributed by atoms with Crippen LogP contribution in [0.1, 0.15) is 31.2 Å². The third-order valence-corrected chi connectivity index (χ3v) is 4.67. The summed E-state index contributed by atoms with van der Waals surface area (Å²) in [5.74, 6) is 0. The van der Waals surface area contributed by atoms with Gasteiger partial charge in [0.1, 0.15) is 0 Å². The summed E-state index contributed by atoms with van der Waals surface area (Å²) in [6.07, 6.45) is 5.42. The van der Waals surface area contributed by atoms with Crippen LogP contribution in [0.25, 0.3) is 0 Å². The number of alkyl halides is 1. The van der Waals surface area contributed by atoms with Crippen molar-refractivity contribution in [1.29, 1.82) is 0 Å². The van der Waals surface area contributed by atoms with Crippen LogP contribution in [0.5, 0.6) is 0 Å². The van der Waals surface area contributed by atoms with E-state index in [1.165, 1.54) is 41.4 Å². The number of rotatable bonds is 4. The molecule has 0 saturated carbocycles. The molecule has 0 radical (unpaired) electrons. The summed E-state index contributed by atoms with van der Waals surface area (Å²) >= 11 is 5.94. The number of likely N-dealkylation sites (tertiary alicyclic amines) is 1. The van der Waals surface area contributed by atoms with E-state index in [1.807, 2.05) is 0 Å². The first-order chi connectivity index (χ1) is 8.29. The van der Waals surface area contributed by atoms with Crippen LogP contribution in [0.15, 0.2) is 24.3 Å². The van der Waals surface area contributed by atoms with Crippen LogP contribution in [-0.2, 0) is 6.54 Å². The lowest BCUT2D eigenvalue weighted by atomic mass is 9.99. The fraction of sp³-hybridized carbons (Fsp3) is 0.571. The Hall–Kier alpha value is 0.390. The smallest absolute Gasteiger partial charge is 0.0236 e. The Morgan fingerprint density at radius 3 is 2.71 bits per heavy atom. The zero-order valence-corrected chi connectivity index (χ0v) is 13.8. The van der Waals surface area contributed by atoms with Gasteiger partial charge in [-0.3, -0.25) is 4.90 Å². The summed E-state index contributed by atoms with van der Waals surface area (Å²) in [6, 6.07) is 9.73. The first-order valence-corrected chi connectivity index (χ1v) is 8.54. The molecule has 0 bridgehead atoms. The Bertz CT molecular complexity index is 337. The minimum atomic E-state index is 0.780. The molecule has 1 aliphatic rings. The minimum Gasteiger partial charge on any atom is -0.296 e. The van der Waals surface area contributed by atoms with E-state index in [2.05, 4.69) is 67.7 Å². The number of hydrogen-bond acceptors (Lipinski definition) is 1. The zero-order valence-electron chi connectivity index (χ0n) is 10.0. The molecule has 1 aliphatic heterocycles. The lowest BCUT2D eigenvalue weighted by molar-refractivity contribution is 0.137. The number of benzene rings is 1. The molecule has 94 valence electrons. The maximum Gasteiger partial charge on any atom is 0.0236 e. The highest BCUT2D eigenvalue weighted by atomic mass is 127. The van der Waals surface area contributed by atoms with Crippen molar-refractivity contribution >= 4 is 38.5 Å². The summed E-state index contributed by atoms with van der Waals surface area (Å²) in [4.78, 5) is 2.66. The van der Waals surface area contributed by atoms with Crippen LogP contribution in [-0.4, -0.2) is 22.8 Å². The summed E-state index contributed by atoms with van der Waals surface area (Å²) < 4.78 is 1.32. The molecule has 0 spiro atoms. The average molecular weight is 408 g/mol. The number of nitrogens with zero attached hydrogens (tertiary/aromatic N) is 1. The van der Waals surface area contributed by atoms with Crippen molar-refractivity contribution in [2.45, 2.75) is 38.3 Å². The summed E-state index contributed by atoms with van der Waals surface area (Å²) in [5, 5.41) is 1.13. The van der Waals surface area contributed by atoms with E-state index in [9.17, 15) is 0 Å². The van der Waals surface area contributed by atoms with Crippen molar-refractivity contribution < 1.29 is 0 Å². The van der Waals surface area contributed by atoms with Crippen LogP contribution >= 0.6 is 38.5 Å². The first kappa shape index (κ1) is 13.8. The summed E-state index contributed by atoms with van der Waals surface area (Å²) in [6.45, 7) is 2.39. The van der Waals surface area contributed by atoms with E-state index in [0.717, 1.165) is 17.9 Å². The van der Waals surface area contributed by atoms with E-state index in [0.29, 0.717) is 0 Å². The van der Waals surface area contributed by atoms with Gasteiger partial charge in [0.05, 0.1) is 0 Å². The van der Waals surface area contributed by atoms with E-state index >= 15 is 0 Å². The van der Waals surface area contributed by atoms with Crippen molar-refractivity contribution in [3.8, 4) is 0 Å². The van der Waals surface area contributed by atoms with E-state index in [4.69, 9.17) is 0 Å². The molecule has 1 atom stereocenters. The molecule has 3 heteroatoms. The molecule has 0 N–H and O–H groups in total. The van der Waals surface area contributed by atoms with Crippen molar-refractivity contribution in [2.75, 3.05) is 11.9 Å². The predicted octanol–water partition coefficient (Wildman–Crippen LogP) is 4.43. The summed E-state index contributed by atoms with van der Waals surface area (Å²) in [7, 11) is 0. The molecule has 1 fully saturated rings. The van der Waals surface area contributed by atoms with E-state index in [1.54, 1.807) is 0 Å². The molecule has 0 aromatic heterocycles. The number of piperidine rings is 1. The average Bonchev–Trinajstić information content (AvgIpc) is 2.35. The van der Waals surface area contributed by atoms with Crippen LogP contribution in [0.4, 0.5) is 0 Å². The molecule has 1 unspecified atom stereocenters. The topological polar surface area (TPSA) is 3.24 Å². The summed E-state index contributed by atoms with van der Waals surface area (Å²) in [5.41, 5.74) is 1.45.